The molecule has 62 valence electrons. The second-order valence-electron chi connectivity index (χ2n) is 2.07. The number of carbonyl (C=O) groups is 1. The van der Waals surface area contributed by atoms with Crippen LogP contribution in [0.1, 0.15) is 0 Å². The van der Waals surface area contributed by atoms with E-state index in [0.29, 0.717) is 0 Å². The molecule has 6 heteroatoms. The summed E-state index contributed by atoms with van der Waals surface area (Å²) in [6.45, 7) is 0. The van der Waals surface area contributed by atoms with E-state index in [9.17, 15) is 4.79 Å². The third kappa shape index (κ3) is 1.47. The molecule has 0 aromatic carbocycles. The highest BCUT2D eigenvalue weighted by atomic mass is 32.2. The van der Waals surface area contributed by atoms with Crippen molar-refractivity contribution in [2.75, 3.05) is 7.05 Å². The molecule has 1 aliphatic heterocycles. The molecule has 0 saturated carbocycles. The number of carboxylic acids is 1. The average Bonchev–Trinajstić information content (AvgIpc) is 2.30. The summed E-state index contributed by atoms with van der Waals surface area (Å²) in [6, 6.07) is 0. The van der Waals surface area contributed by atoms with Crippen molar-refractivity contribution in [3.63, 3.8) is 0 Å². The van der Waals surface area contributed by atoms with Crippen molar-refractivity contribution < 1.29 is 9.90 Å². The Bertz CT molecular complexity index is 206. The first-order valence-corrected chi connectivity index (χ1v) is 3.89. The summed E-state index contributed by atoms with van der Waals surface area (Å²) in [6.07, 6.45) is 0. The molecule has 0 aliphatic carbocycles. The first-order valence-electron chi connectivity index (χ1n) is 2.94. The molecule has 1 heterocycles. The van der Waals surface area contributed by atoms with Gasteiger partial charge in [-0.05, 0) is 0 Å². The zero-order chi connectivity index (χ0) is 8.43. The summed E-state index contributed by atoms with van der Waals surface area (Å²) >= 11 is 1.33. The van der Waals surface area contributed by atoms with Crippen LogP contribution in [-0.2, 0) is 4.79 Å². The number of hydrogen-bond acceptors (Lipinski definition) is 5. The molecule has 4 N–H and O–H groups in total. The maximum atomic E-state index is 10.5. The van der Waals surface area contributed by atoms with E-state index in [1.807, 2.05) is 0 Å². The zero-order valence-electron chi connectivity index (χ0n) is 5.94. The topological polar surface area (TPSA) is 78.6 Å². The van der Waals surface area contributed by atoms with Crippen LogP contribution in [0.4, 0.5) is 0 Å². The molecule has 0 fully saturated rings. The molecule has 1 aliphatic rings. The molecular formula is C5H9N3O2S. The predicted molar refractivity (Wildman–Crippen MR) is 42.2 cm³/mol. The van der Waals surface area contributed by atoms with Crippen LogP contribution in [0.5, 0.6) is 0 Å². The SMILES string of the molecule is CN1C(C(=O)O)=CSC1NN. The first kappa shape index (κ1) is 8.38. The van der Waals surface area contributed by atoms with Gasteiger partial charge < -0.3 is 10.0 Å². The third-order valence-corrected chi connectivity index (χ3v) is 2.47. The highest BCUT2D eigenvalue weighted by molar-refractivity contribution is 8.02. The fourth-order valence-electron chi connectivity index (χ4n) is 0.782. The molecule has 0 aromatic heterocycles. The second-order valence-corrected chi connectivity index (χ2v) is 3.03. The number of nitrogens with two attached hydrogens (primary N) is 1. The Labute approximate surface area is 68.2 Å². The van der Waals surface area contributed by atoms with Crippen LogP contribution >= 0.6 is 11.8 Å². The maximum Gasteiger partial charge on any atom is 0.352 e. The van der Waals surface area contributed by atoms with E-state index in [-0.39, 0.29) is 11.2 Å². The number of hydrogen-bond donors (Lipinski definition) is 3. The lowest BCUT2D eigenvalue weighted by molar-refractivity contribution is -0.134. The van der Waals surface area contributed by atoms with Gasteiger partial charge in [-0.3, -0.25) is 5.84 Å². The number of thioether (sulfide) groups is 1. The smallest absolute Gasteiger partial charge is 0.352 e. The van der Waals surface area contributed by atoms with Gasteiger partial charge in [-0.2, -0.15) is 0 Å². The minimum absolute atomic E-state index is 0.166. The summed E-state index contributed by atoms with van der Waals surface area (Å²) < 4.78 is 0. The maximum absolute atomic E-state index is 10.5. The van der Waals surface area contributed by atoms with Crippen LogP contribution < -0.4 is 11.3 Å². The lowest BCUT2D eigenvalue weighted by Gasteiger charge is -2.20. The number of carboxylic acid groups (broad SMARTS) is 1. The van der Waals surface area contributed by atoms with E-state index >= 15 is 0 Å². The highest BCUT2D eigenvalue weighted by Crippen LogP contribution is 2.26. The molecule has 0 spiro atoms. The van der Waals surface area contributed by atoms with E-state index in [4.69, 9.17) is 10.9 Å². The van der Waals surface area contributed by atoms with Gasteiger partial charge in [0.2, 0.25) is 0 Å². The fraction of sp³-hybridized carbons (Fsp3) is 0.400. The summed E-state index contributed by atoms with van der Waals surface area (Å²) in [5.41, 5.74) is 2.57. The summed E-state index contributed by atoms with van der Waals surface area (Å²) in [5.74, 6) is 4.22. The minimum Gasteiger partial charge on any atom is -0.477 e. The predicted octanol–water partition coefficient (Wildman–Crippen LogP) is -0.662. The lowest BCUT2D eigenvalue weighted by Crippen LogP contribution is -2.42. The molecule has 0 aromatic rings. The van der Waals surface area contributed by atoms with Gasteiger partial charge in [-0.1, -0.05) is 11.8 Å². The molecule has 0 amide bonds. The Balaban J connectivity index is 2.66. The van der Waals surface area contributed by atoms with E-state index in [2.05, 4.69) is 5.43 Å². The molecule has 0 radical (unpaired) electrons. The van der Waals surface area contributed by atoms with Gasteiger partial charge in [0, 0.05) is 12.5 Å². The highest BCUT2D eigenvalue weighted by Gasteiger charge is 2.26. The van der Waals surface area contributed by atoms with E-state index in [0.717, 1.165) is 0 Å². The van der Waals surface area contributed by atoms with Gasteiger partial charge in [0.25, 0.3) is 0 Å². The Morgan fingerprint density at radius 2 is 2.64 bits per heavy atom. The van der Waals surface area contributed by atoms with Crippen LogP contribution in [0.3, 0.4) is 0 Å². The fourth-order valence-corrected chi connectivity index (χ4v) is 1.68. The van der Waals surface area contributed by atoms with Gasteiger partial charge in [-0.25, -0.2) is 10.2 Å². The molecule has 1 atom stereocenters. The van der Waals surface area contributed by atoms with Crippen LogP contribution in [0.25, 0.3) is 0 Å². The van der Waals surface area contributed by atoms with Crippen molar-refractivity contribution in [1.29, 1.82) is 0 Å². The van der Waals surface area contributed by atoms with Gasteiger partial charge in [0.05, 0.1) is 0 Å². The third-order valence-electron chi connectivity index (χ3n) is 1.40. The van der Waals surface area contributed by atoms with Crippen LogP contribution in [-0.4, -0.2) is 28.5 Å². The van der Waals surface area contributed by atoms with Crippen LogP contribution in [0.15, 0.2) is 11.1 Å². The molecular weight excluding hydrogens is 166 g/mol. The van der Waals surface area contributed by atoms with Gasteiger partial charge in [-0.15, -0.1) is 0 Å². The van der Waals surface area contributed by atoms with Gasteiger partial charge >= 0.3 is 5.97 Å². The average molecular weight is 175 g/mol. The van der Waals surface area contributed by atoms with Crippen LogP contribution in [0, 0.1) is 0 Å². The van der Waals surface area contributed by atoms with E-state index in [1.165, 1.54) is 11.8 Å². The number of rotatable bonds is 2. The Morgan fingerprint density at radius 3 is 2.91 bits per heavy atom. The molecule has 0 saturated heterocycles. The zero-order valence-corrected chi connectivity index (χ0v) is 6.76. The van der Waals surface area contributed by atoms with E-state index < -0.39 is 5.97 Å². The standard InChI is InChI=1S/C5H9N3O2S/c1-8-3(4(9)10)2-11-5(8)7-6/h2,5,7H,6H2,1H3,(H,9,10). The molecule has 5 nitrogen and oxygen atoms in total. The van der Waals surface area contributed by atoms with Crippen molar-refractivity contribution in [2.45, 2.75) is 5.50 Å². The van der Waals surface area contributed by atoms with Gasteiger partial charge in [0.1, 0.15) is 11.2 Å². The largest absolute Gasteiger partial charge is 0.477 e. The van der Waals surface area contributed by atoms with Crippen molar-refractivity contribution in [2.24, 2.45) is 5.84 Å². The van der Waals surface area contributed by atoms with Crippen molar-refractivity contribution >= 4 is 17.7 Å². The summed E-state index contributed by atoms with van der Waals surface area (Å²) in [4.78, 5) is 12.0. The van der Waals surface area contributed by atoms with Gasteiger partial charge in [0.15, 0.2) is 0 Å². The number of aliphatic carboxylic acids is 1. The van der Waals surface area contributed by atoms with Crippen molar-refractivity contribution in [3.8, 4) is 0 Å². The normalized spacial score (nSPS) is 23.6. The summed E-state index contributed by atoms with van der Waals surface area (Å²) in [7, 11) is 1.67. The Kier molecular flexibility index (Phi) is 2.38. The number of nitrogens with zero attached hydrogens (tertiary/aromatic N) is 1. The monoisotopic (exact) mass is 175 g/mol. The van der Waals surface area contributed by atoms with Crippen molar-refractivity contribution in [1.82, 2.24) is 10.3 Å². The Hall–Kier alpha value is -0.720. The molecule has 1 rings (SSSR count). The van der Waals surface area contributed by atoms with Crippen molar-refractivity contribution in [3.05, 3.63) is 11.1 Å². The minimum atomic E-state index is -0.933. The number of likely N-dealkylation sites (N-methyl/N-ethyl adjacent to an activating group) is 1. The lowest BCUT2D eigenvalue weighted by atomic mass is 10.4. The number of hydrazine groups is 1. The molecule has 0 bridgehead atoms. The quantitative estimate of drug-likeness (QED) is 0.382. The molecule has 11 heavy (non-hydrogen) atoms. The number of nitrogens with one attached hydrogen (secondary N) is 1. The Morgan fingerprint density at radius 1 is 2.00 bits per heavy atom. The van der Waals surface area contributed by atoms with Crippen LogP contribution in [0.2, 0.25) is 0 Å². The molecule has 1 unspecified atom stereocenters. The first-order chi connectivity index (χ1) is 5.16. The van der Waals surface area contributed by atoms with E-state index in [1.54, 1.807) is 17.4 Å². The second kappa shape index (κ2) is 3.12. The summed E-state index contributed by atoms with van der Waals surface area (Å²) in [5, 5.41) is 10.2.